The van der Waals surface area contributed by atoms with E-state index in [1.807, 2.05) is 24.3 Å². The second-order valence-electron chi connectivity index (χ2n) is 6.01. The summed E-state index contributed by atoms with van der Waals surface area (Å²) in [6.07, 6.45) is 4.64. The molecule has 1 saturated heterocycles. The third kappa shape index (κ3) is 3.54. The van der Waals surface area contributed by atoms with Crippen molar-refractivity contribution in [1.82, 2.24) is 10.3 Å². The monoisotopic (exact) mass is 328 g/mol. The highest BCUT2D eigenvalue weighted by Gasteiger charge is 2.30. The number of nitrogens with zero attached hydrogens (tertiary/aromatic N) is 1. The summed E-state index contributed by atoms with van der Waals surface area (Å²) >= 11 is 0. The van der Waals surface area contributed by atoms with Crippen LogP contribution in [0.2, 0.25) is 0 Å². The zero-order chi connectivity index (χ0) is 16.9. The van der Waals surface area contributed by atoms with Crippen LogP contribution in [0.5, 0.6) is 0 Å². The molecule has 1 aromatic heterocycles. The lowest BCUT2D eigenvalue weighted by Gasteiger charge is -2.27. The minimum atomic E-state index is -0.877. The number of carbonyl (C=O) groups excluding carboxylic acids is 1. The molecule has 3 rings (SSSR count). The molecule has 1 fully saturated rings. The van der Waals surface area contributed by atoms with E-state index in [0.29, 0.717) is 31.6 Å². The number of hydrogen-bond acceptors (Lipinski definition) is 4. The van der Waals surface area contributed by atoms with Crippen molar-refractivity contribution in [2.75, 3.05) is 19.8 Å². The van der Waals surface area contributed by atoms with E-state index < -0.39 is 11.9 Å². The van der Waals surface area contributed by atoms with Crippen LogP contribution in [0.25, 0.3) is 10.8 Å². The Balaban J connectivity index is 1.72. The number of carbonyl (C=O) groups is 2. The predicted molar refractivity (Wildman–Crippen MR) is 88.7 cm³/mol. The Labute approximate surface area is 139 Å². The van der Waals surface area contributed by atoms with Crippen LogP contribution in [0.1, 0.15) is 23.2 Å². The molecule has 1 aliphatic heterocycles. The van der Waals surface area contributed by atoms with E-state index in [1.165, 1.54) is 6.20 Å². The van der Waals surface area contributed by atoms with E-state index in [4.69, 9.17) is 4.74 Å². The fourth-order valence-electron chi connectivity index (χ4n) is 3.17. The number of rotatable bonds is 5. The molecule has 0 saturated carbocycles. The highest BCUT2D eigenvalue weighted by atomic mass is 16.5. The molecule has 2 heterocycles. The Hall–Kier alpha value is -2.47. The lowest BCUT2D eigenvalue weighted by atomic mass is 9.86. The SMILES string of the molecule is O=C(NCC(C(=O)O)C1CCOCC1)c1cncc2ccccc12. The molecule has 126 valence electrons. The zero-order valence-corrected chi connectivity index (χ0v) is 13.3. The van der Waals surface area contributed by atoms with Gasteiger partial charge in [-0.3, -0.25) is 14.6 Å². The van der Waals surface area contributed by atoms with Crippen LogP contribution in [0.15, 0.2) is 36.7 Å². The third-order valence-corrected chi connectivity index (χ3v) is 4.55. The number of amides is 1. The molecule has 0 aliphatic carbocycles. The first-order chi connectivity index (χ1) is 11.7. The van der Waals surface area contributed by atoms with Crippen LogP contribution in [0.4, 0.5) is 0 Å². The number of nitrogens with one attached hydrogen (secondary N) is 1. The second-order valence-corrected chi connectivity index (χ2v) is 6.01. The first-order valence-electron chi connectivity index (χ1n) is 8.08. The molecular formula is C18H20N2O4. The van der Waals surface area contributed by atoms with E-state index in [-0.39, 0.29) is 18.4 Å². The molecule has 2 N–H and O–H groups in total. The van der Waals surface area contributed by atoms with Gasteiger partial charge in [0.05, 0.1) is 11.5 Å². The average molecular weight is 328 g/mol. The second kappa shape index (κ2) is 7.40. The van der Waals surface area contributed by atoms with Crippen molar-refractivity contribution >= 4 is 22.6 Å². The number of carboxylic acid groups (broad SMARTS) is 1. The van der Waals surface area contributed by atoms with Crippen LogP contribution >= 0.6 is 0 Å². The van der Waals surface area contributed by atoms with Gasteiger partial charge in [-0.1, -0.05) is 24.3 Å². The Morgan fingerprint density at radius 2 is 2.00 bits per heavy atom. The Morgan fingerprint density at radius 3 is 2.75 bits per heavy atom. The third-order valence-electron chi connectivity index (χ3n) is 4.55. The average Bonchev–Trinajstić information content (AvgIpc) is 2.62. The Bertz CT molecular complexity index is 735. The summed E-state index contributed by atoms with van der Waals surface area (Å²) < 4.78 is 5.28. The van der Waals surface area contributed by atoms with Gasteiger partial charge in [-0.15, -0.1) is 0 Å². The maximum Gasteiger partial charge on any atom is 0.308 e. The van der Waals surface area contributed by atoms with Gasteiger partial charge in [-0.05, 0) is 24.1 Å². The van der Waals surface area contributed by atoms with Gasteiger partial charge in [0.15, 0.2) is 0 Å². The van der Waals surface area contributed by atoms with Crippen LogP contribution < -0.4 is 5.32 Å². The smallest absolute Gasteiger partial charge is 0.308 e. The topological polar surface area (TPSA) is 88.5 Å². The summed E-state index contributed by atoms with van der Waals surface area (Å²) in [4.78, 5) is 28.1. The number of aromatic nitrogens is 1. The molecule has 1 unspecified atom stereocenters. The number of pyridine rings is 1. The number of fused-ring (bicyclic) bond motifs is 1. The van der Waals surface area contributed by atoms with E-state index >= 15 is 0 Å². The van der Waals surface area contributed by atoms with E-state index in [9.17, 15) is 14.7 Å². The summed E-state index contributed by atoms with van der Waals surface area (Å²) in [5.41, 5.74) is 0.462. The van der Waals surface area contributed by atoms with Gasteiger partial charge in [-0.2, -0.15) is 0 Å². The quantitative estimate of drug-likeness (QED) is 0.877. The predicted octanol–water partition coefficient (Wildman–Crippen LogP) is 2.09. The summed E-state index contributed by atoms with van der Waals surface area (Å²) in [5.74, 6) is -1.74. The largest absolute Gasteiger partial charge is 0.481 e. The van der Waals surface area contributed by atoms with Crippen molar-refractivity contribution in [3.63, 3.8) is 0 Å². The van der Waals surface area contributed by atoms with E-state index in [2.05, 4.69) is 10.3 Å². The summed E-state index contributed by atoms with van der Waals surface area (Å²) in [6.45, 7) is 1.27. The van der Waals surface area contributed by atoms with Crippen molar-refractivity contribution in [1.29, 1.82) is 0 Å². The van der Waals surface area contributed by atoms with E-state index in [0.717, 1.165) is 10.8 Å². The first-order valence-corrected chi connectivity index (χ1v) is 8.08. The molecule has 24 heavy (non-hydrogen) atoms. The molecule has 0 radical (unpaired) electrons. The number of benzene rings is 1. The number of hydrogen-bond donors (Lipinski definition) is 2. The summed E-state index contributed by atoms with van der Waals surface area (Å²) in [6, 6.07) is 7.50. The molecule has 0 spiro atoms. The van der Waals surface area contributed by atoms with Crippen molar-refractivity contribution in [3.05, 3.63) is 42.2 Å². The van der Waals surface area contributed by atoms with Crippen LogP contribution in [-0.4, -0.2) is 41.7 Å². The lowest BCUT2D eigenvalue weighted by Crippen LogP contribution is -2.39. The van der Waals surface area contributed by atoms with Gasteiger partial charge in [-0.25, -0.2) is 0 Å². The first kappa shape index (κ1) is 16.4. The van der Waals surface area contributed by atoms with Crippen molar-refractivity contribution in [2.24, 2.45) is 11.8 Å². The number of ether oxygens (including phenoxy) is 1. The molecule has 2 aromatic rings. The molecule has 6 heteroatoms. The number of aliphatic carboxylic acids is 1. The summed E-state index contributed by atoms with van der Waals surface area (Å²) in [7, 11) is 0. The van der Waals surface area contributed by atoms with Gasteiger partial charge in [0.25, 0.3) is 5.91 Å². The van der Waals surface area contributed by atoms with Gasteiger partial charge < -0.3 is 15.2 Å². The van der Waals surface area contributed by atoms with Crippen molar-refractivity contribution < 1.29 is 19.4 Å². The molecule has 1 aromatic carbocycles. The highest BCUT2D eigenvalue weighted by molar-refractivity contribution is 6.06. The fraction of sp³-hybridized carbons (Fsp3) is 0.389. The van der Waals surface area contributed by atoms with Gasteiger partial charge in [0.2, 0.25) is 0 Å². The van der Waals surface area contributed by atoms with Crippen molar-refractivity contribution in [3.8, 4) is 0 Å². The number of carboxylic acids is 1. The molecule has 6 nitrogen and oxygen atoms in total. The fourth-order valence-corrected chi connectivity index (χ4v) is 3.17. The molecular weight excluding hydrogens is 308 g/mol. The maximum atomic E-state index is 12.5. The van der Waals surface area contributed by atoms with Gasteiger partial charge in [0, 0.05) is 37.5 Å². The van der Waals surface area contributed by atoms with Crippen LogP contribution in [0, 0.1) is 11.8 Å². The standard InChI is InChI=1S/C18H20N2O4/c21-17(16-10-19-9-13-3-1-2-4-14(13)16)20-11-15(18(22)23)12-5-7-24-8-6-12/h1-4,9-10,12,15H,5-8,11H2,(H,20,21)(H,22,23). The molecule has 1 atom stereocenters. The zero-order valence-electron chi connectivity index (χ0n) is 13.3. The lowest BCUT2D eigenvalue weighted by molar-refractivity contribution is -0.144. The Morgan fingerprint density at radius 1 is 1.25 bits per heavy atom. The van der Waals surface area contributed by atoms with Crippen molar-refractivity contribution in [2.45, 2.75) is 12.8 Å². The van der Waals surface area contributed by atoms with Gasteiger partial charge in [0.1, 0.15) is 0 Å². The maximum absolute atomic E-state index is 12.5. The normalized spacial score (nSPS) is 16.7. The van der Waals surface area contributed by atoms with E-state index in [1.54, 1.807) is 6.20 Å². The summed E-state index contributed by atoms with van der Waals surface area (Å²) in [5, 5.41) is 13.9. The van der Waals surface area contributed by atoms with Crippen LogP contribution in [0.3, 0.4) is 0 Å². The van der Waals surface area contributed by atoms with Gasteiger partial charge >= 0.3 is 5.97 Å². The minimum absolute atomic E-state index is 0.0298. The molecule has 0 bridgehead atoms. The minimum Gasteiger partial charge on any atom is -0.481 e. The molecule has 1 aliphatic rings. The van der Waals surface area contributed by atoms with Crippen LogP contribution in [-0.2, 0) is 9.53 Å². The Kier molecular flexibility index (Phi) is 5.05. The molecule has 1 amide bonds. The highest BCUT2D eigenvalue weighted by Crippen LogP contribution is 2.24.